The molecule has 1 amide bonds. The maximum atomic E-state index is 12.9. The van der Waals surface area contributed by atoms with Crippen molar-refractivity contribution in [2.45, 2.75) is 6.92 Å². The Morgan fingerprint density at radius 3 is 2.41 bits per heavy atom. The first kappa shape index (κ1) is 14.2. The van der Waals surface area contributed by atoms with E-state index in [2.05, 4.69) is 10.6 Å². The van der Waals surface area contributed by atoms with Crippen LogP contribution in [0.2, 0.25) is 10.0 Å². The van der Waals surface area contributed by atoms with Crippen LogP contribution in [0.3, 0.4) is 0 Å². The highest BCUT2D eigenvalue weighted by atomic mass is 35.5. The van der Waals surface area contributed by atoms with Crippen LogP contribution in [0.5, 0.6) is 0 Å². The molecule has 0 saturated heterocycles. The lowest BCUT2D eigenvalue weighted by Crippen LogP contribution is -2.28. The number of benzene rings is 1. The van der Waals surface area contributed by atoms with Crippen LogP contribution in [-0.4, -0.2) is 19.5 Å². The zero-order chi connectivity index (χ0) is 13.0. The first-order valence-electron chi connectivity index (χ1n) is 5.05. The average Bonchev–Trinajstić information content (AvgIpc) is 2.23. The fourth-order valence-electron chi connectivity index (χ4n) is 1.31. The summed E-state index contributed by atoms with van der Waals surface area (Å²) in [7, 11) is 1.75. The number of halogens is 3. The lowest BCUT2D eigenvalue weighted by atomic mass is 10.1. The molecule has 17 heavy (non-hydrogen) atoms. The molecule has 0 bridgehead atoms. The number of nitrogens with one attached hydrogen (secondary N) is 2. The second-order valence-electron chi connectivity index (χ2n) is 3.69. The molecular formula is C11H13Cl2FN2O. The van der Waals surface area contributed by atoms with Gasteiger partial charge in [-0.1, -0.05) is 30.1 Å². The third kappa shape index (κ3) is 3.84. The number of hydrogen-bond acceptors (Lipinski definition) is 2. The standard InChI is InChI=1S/C11H13Cl2FN2O/c1-6(5-15-2)11(17)16-10-8(12)3-7(14)4-9(10)13/h3-4,6,15H,5H2,1-2H3,(H,16,17). The molecule has 6 heteroatoms. The molecule has 0 heterocycles. The van der Waals surface area contributed by atoms with E-state index in [1.165, 1.54) is 0 Å². The smallest absolute Gasteiger partial charge is 0.228 e. The monoisotopic (exact) mass is 278 g/mol. The number of rotatable bonds is 4. The molecule has 0 radical (unpaired) electrons. The molecule has 1 unspecified atom stereocenters. The Labute approximate surface area is 109 Å². The van der Waals surface area contributed by atoms with Crippen molar-refractivity contribution in [2.24, 2.45) is 5.92 Å². The summed E-state index contributed by atoms with van der Waals surface area (Å²) in [6.07, 6.45) is 0. The van der Waals surface area contributed by atoms with Crippen LogP contribution >= 0.6 is 23.2 Å². The minimum absolute atomic E-state index is 0.0833. The number of carbonyl (C=O) groups is 1. The summed E-state index contributed by atoms with van der Waals surface area (Å²) >= 11 is 11.6. The normalized spacial score (nSPS) is 12.3. The van der Waals surface area contributed by atoms with Gasteiger partial charge in [-0.2, -0.15) is 0 Å². The molecule has 2 N–H and O–H groups in total. The largest absolute Gasteiger partial charge is 0.323 e. The molecule has 0 saturated carbocycles. The summed E-state index contributed by atoms with van der Waals surface area (Å²) in [5.74, 6) is -1.01. The molecule has 0 fully saturated rings. The van der Waals surface area contributed by atoms with Crippen molar-refractivity contribution in [1.29, 1.82) is 0 Å². The minimum Gasteiger partial charge on any atom is -0.323 e. The zero-order valence-electron chi connectivity index (χ0n) is 9.48. The predicted octanol–water partition coefficient (Wildman–Crippen LogP) is 2.93. The quantitative estimate of drug-likeness (QED) is 0.889. The maximum absolute atomic E-state index is 12.9. The van der Waals surface area contributed by atoms with Crippen molar-refractivity contribution in [2.75, 3.05) is 18.9 Å². The Bertz CT molecular complexity index is 403. The molecule has 0 aliphatic heterocycles. The summed E-state index contributed by atoms with van der Waals surface area (Å²) in [5.41, 5.74) is 0.239. The molecular weight excluding hydrogens is 266 g/mol. The Morgan fingerprint density at radius 1 is 1.41 bits per heavy atom. The van der Waals surface area contributed by atoms with Gasteiger partial charge in [-0.15, -0.1) is 0 Å². The fraction of sp³-hybridized carbons (Fsp3) is 0.364. The van der Waals surface area contributed by atoms with Crippen molar-refractivity contribution in [3.63, 3.8) is 0 Å². The molecule has 3 nitrogen and oxygen atoms in total. The van der Waals surface area contributed by atoms with Crippen LogP contribution in [-0.2, 0) is 4.79 Å². The van der Waals surface area contributed by atoms with Gasteiger partial charge < -0.3 is 10.6 Å². The lowest BCUT2D eigenvalue weighted by Gasteiger charge is -2.13. The van der Waals surface area contributed by atoms with Crippen LogP contribution < -0.4 is 10.6 Å². The number of hydrogen-bond donors (Lipinski definition) is 2. The van der Waals surface area contributed by atoms with Gasteiger partial charge in [-0.3, -0.25) is 4.79 Å². The second kappa shape index (κ2) is 6.19. The number of amides is 1. The third-order valence-electron chi connectivity index (χ3n) is 2.21. The summed E-state index contributed by atoms with van der Waals surface area (Å²) in [4.78, 5) is 11.7. The Morgan fingerprint density at radius 2 is 1.94 bits per heavy atom. The molecule has 94 valence electrons. The van der Waals surface area contributed by atoms with Crippen molar-refractivity contribution in [3.05, 3.63) is 28.0 Å². The second-order valence-corrected chi connectivity index (χ2v) is 4.51. The van der Waals surface area contributed by atoms with Gasteiger partial charge in [0.15, 0.2) is 0 Å². The van der Waals surface area contributed by atoms with Crippen LogP contribution in [0.4, 0.5) is 10.1 Å². The van der Waals surface area contributed by atoms with Gasteiger partial charge in [-0.05, 0) is 19.2 Å². The van der Waals surface area contributed by atoms with Gasteiger partial charge in [0.25, 0.3) is 0 Å². The highest BCUT2D eigenvalue weighted by molar-refractivity contribution is 6.39. The fourth-order valence-corrected chi connectivity index (χ4v) is 1.86. The van der Waals surface area contributed by atoms with Crippen molar-refractivity contribution in [3.8, 4) is 0 Å². The van der Waals surface area contributed by atoms with Crippen LogP contribution in [0.15, 0.2) is 12.1 Å². The van der Waals surface area contributed by atoms with Crippen molar-refractivity contribution in [1.82, 2.24) is 5.32 Å². The number of anilines is 1. The van der Waals surface area contributed by atoms with Gasteiger partial charge in [-0.25, -0.2) is 4.39 Å². The third-order valence-corrected chi connectivity index (χ3v) is 2.81. The van der Waals surface area contributed by atoms with Gasteiger partial charge in [0, 0.05) is 12.5 Å². The van der Waals surface area contributed by atoms with Crippen LogP contribution in [0.1, 0.15) is 6.92 Å². The van der Waals surface area contributed by atoms with E-state index in [-0.39, 0.29) is 27.6 Å². The van der Waals surface area contributed by atoms with Crippen molar-refractivity contribution >= 4 is 34.8 Å². The van der Waals surface area contributed by atoms with E-state index in [4.69, 9.17) is 23.2 Å². The summed E-state index contributed by atoms with van der Waals surface area (Å²) in [6.45, 7) is 2.29. The molecule has 0 aromatic heterocycles. The van der Waals surface area contributed by atoms with E-state index in [1.807, 2.05) is 0 Å². The first-order valence-corrected chi connectivity index (χ1v) is 5.81. The molecule has 0 spiro atoms. The van der Waals surface area contributed by atoms with Gasteiger partial charge in [0.1, 0.15) is 5.82 Å². The van der Waals surface area contributed by atoms with E-state index in [1.54, 1.807) is 14.0 Å². The van der Waals surface area contributed by atoms with Crippen LogP contribution in [0.25, 0.3) is 0 Å². The molecule has 1 aromatic rings. The van der Waals surface area contributed by atoms with Gasteiger partial charge in [0.05, 0.1) is 15.7 Å². The Balaban J connectivity index is 2.85. The number of carbonyl (C=O) groups excluding carboxylic acids is 1. The molecule has 1 aromatic carbocycles. The maximum Gasteiger partial charge on any atom is 0.228 e. The molecule has 0 aliphatic carbocycles. The lowest BCUT2D eigenvalue weighted by molar-refractivity contribution is -0.119. The minimum atomic E-state index is -0.540. The topological polar surface area (TPSA) is 41.1 Å². The molecule has 1 atom stereocenters. The van der Waals surface area contributed by atoms with Crippen LogP contribution in [0, 0.1) is 11.7 Å². The van der Waals surface area contributed by atoms with E-state index >= 15 is 0 Å². The van der Waals surface area contributed by atoms with Crippen molar-refractivity contribution < 1.29 is 9.18 Å². The molecule has 0 aliphatic rings. The summed E-state index contributed by atoms with van der Waals surface area (Å²) in [6, 6.07) is 2.21. The Hall–Kier alpha value is -0.840. The SMILES string of the molecule is CNCC(C)C(=O)Nc1c(Cl)cc(F)cc1Cl. The average molecular weight is 279 g/mol. The van der Waals surface area contributed by atoms with E-state index in [0.717, 1.165) is 12.1 Å². The van der Waals surface area contributed by atoms with E-state index < -0.39 is 5.82 Å². The van der Waals surface area contributed by atoms with Gasteiger partial charge >= 0.3 is 0 Å². The summed E-state index contributed by atoms with van der Waals surface area (Å²) < 4.78 is 12.9. The highest BCUT2D eigenvalue weighted by Gasteiger charge is 2.16. The Kier molecular flexibility index (Phi) is 5.18. The van der Waals surface area contributed by atoms with E-state index in [0.29, 0.717) is 6.54 Å². The van der Waals surface area contributed by atoms with Gasteiger partial charge in [0.2, 0.25) is 5.91 Å². The first-order chi connectivity index (χ1) is 7.95. The molecule has 1 rings (SSSR count). The summed E-state index contributed by atoms with van der Waals surface area (Å²) in [5, 5.41) is 5.63. The predicted molar refractivity (Wildman–Crippen MR) is 68.1 cm³/mol. The highest BCUT2D eigenvalue weighted by Crippen LogP contribution is 2.31. The zero-order valence-corrected chi connectivity index (χ0v) is 11.0. The van der Waals surface area contributed by atoms with E-state index in [9.17, 15) is 9.18 Å².